The monoisotopic (exact) mass is 381 g/mol. The molecule has 0 atom stereocenters. The average Bonchev–Trinajstić information content (AvgIpc) is 3.20. The highest BCUT2D eigenvalue weighted by Crippen LogP contribution is 2.34. The number of benzene rings is 2. The molecule has 0 saturated carbocycles. The molecule has 0 spiro atoms. The summed E-state index contributed by atoms with van der Waals surface area (Å²) in [5.74, 6) is -0.982. The number of hydrogen-bond donors (Lipinski definition) is 1. The number of methoxy groups -OCH3 is 1. The van der Waals surface area contributed by atoms with Crippen LogP contribution in [-0.2, 0) is 4.74 Å². The van der Waals surface area contributed by atoms with Gasteiger partial charge in [-0.15, -0.1) is 0 Å². The van der Waals surface area contributed by atoms with Crippen LogP contribution in [0.4, 0.5) is 5.13 Å². The number of aromatic nitrogens is 1. The molecule has 1 aliphatic heterocycles. The average molecular weight is 381 g/mol. The first-order chi connectivity index (χ1) is 13.1. The van der Waals surface area contributed by atoms with Crippen molar-refractivity contribution in [2.75, 3.05) is 25.2 Å². The van der Waals surface area contributed by atoms with E-state index in [1.807, 2.05) is 0 Å². The number of nitrogens with zero attached hydrogens (tertiary/aromatic N) is 2. The van der Waals surface area contributed by atoms with E-state index in [-0.39, 0.29) is 17.7 Å². The number of imide groups is 1. The van der Waals surface area contributed by atoms with E-state index in [1.165, 1.54) is 11.3 Å². The molecule has 7 nitrogen and oxygen atoms in total. The number of nitrogens with one attached hydrogen (secondary N) is 1. The Hall–Kier alpha value is -3.10. The summed E-state index contributed by atoms with van der Waals surface area (Å²) in [6, 6.07) is 11.8. The molecule has 0 aliphatic carbocycles. The van der Waals surface area contributed by atoms with Gasteiger partial charge in [-0.2, -0.15) is 0 Å². The van der Waals surface area contributed by atoms with Crippen LogP contribution in [0.15, 0.2) is 42.5 Å². The lowest BCUT2D eigenvalue weighted by atomic mass is 10.1. The van der Waals surface area contributed by atoms with Crippen molar-refractivity contribution in [2.24, 2.45) is 0 Å². The lowest BCUT2D eigenvalue weighted by molar-refractivity contribution is 0.0919. The quantitative estimate of drug-likeness (QED) is 0.542. The Morgan fingerprint density at radius 1 is 1.15 bits per heavy atom. The molecule has 136 valence electrons. The van der Waals surface area contributed by atoms with Gasteiger partial charge in [0.05, 0.1) is 28.0 Å². The summed E-state index contributed by atoms with van der Waals surface area (Å²) in [6.07, 6.45) is 0. The van der Waals surface area contributed by atoms with Gasteiger partial charge in [0.15, 0.2) is 0 Å². The Kier molecular flexibility index (Phi) is 4.43. The van der Waals surface area contributed by atoms with E-state index in [9.17, 15) is 14.4 Å². The molecule has 27 heavy (non-hydrogen) atoms. The van der Waals surface area contributed by atoms with Gasteiger partial charge in [0.2, 0.25) is 5.13 Å². The van der Waals surface area contributed by atoms with Crippen molar-refractivity contribution < 1.29 is 19.1 Å². The Bertz CT molecular complexity index is 1040. The second kappa shape index (κ2) is 6.90. The number of amides is 3. The van der Waals surface area contributed by atoms with Crippen molar-refractivity contribution in [1.29, 1.82) is 0 Å². The van der Waals surface area contributed by atoms with E-state index in [0.29, 0.717) is 40.5 Å². The molecule has 1 N–H and O–H groups in total. The van der Waals surface area contributed by atoms with Crippen LogP contribution in [0.5, 0.6) is 0 Å². The van der Waals surface area contributed by atoms with Crippen LogP contribution in [0.3, 0.4) is 0 Å². The predicted octanol–water partition coefficient (Wildman–Crippen LogP) is 2.47. The maximum Gasteiger partial charge on any atom is 0.268 e. The summed E-state index contributed by atoms with van der Waals surface area (Å²) in [7, 11) is 1.57. The summed E-state index contributed by atoms with van der Waals surface area (Å²) in [5.41, 5.74) is 1.86. The number of rotatable bonds is 5. The van der Waals surface area contributed by atoms with Gasteiger partial charge in [-0.1, -0.05) is 23.5 Å². The minimum atomic E-state index is -0.382. The van der Waals surface area contributed by atoms with Crippen LogP contribution in [0.2, 0.25) is 0 Å². The zero-order valence-electron chi connectivity index (χ0n) is 14.4. The van der Waals surface area contributed by atoms with E-state index >= 15 is 0 Å². The number of ether oxygens (including phenoxy) is 1. The van der Waals surface area contributed by atoms with E-state index in [1.54, 1.807) is 49.6 Å². The van der Waals surface area contributed by atoms with Crippen molar-refractivity contribution >= 4 is 44.4 Å². The molecule has 0 radical (unpaired) electrons. The van der Waals surface area contributed by atoms with Crippen molar-refractivity contribution in [3.8, 4) is 0 Å². The van der Waals surface area contributed by atoms with Crippen molar-refractivity contribution in [3.05, 3.63) is 59.2 Å². The normalized spacial score (nSPS) is 13.3. The molecule has 2 aromatic carbocycles. The minimum absolute atomic E-state index is 0.218. The van der Waals surface area contributed by atoms with Gasteiger partial charge in [-0.3, -0.25) is 14.4 Å². The maximum absolute atomic E-state index is 12.6. The molecule has 0 fully saturated rings. The number of carbonyl (C=O) groups is 3. The molecule has 0 unspecified atom stereocenters. The molecular formula is C19H15N3O4S. The van der Waals surface area contributed by atoms with Crippen LogP contribution in [0.25, 0.3) is 10.2 Å². The topological polar surface area (TPSA) is 88.6 Å². The largest absolute Gasteiger partial charge is 0.383 e. The number of anilines is 1. The van der Waals surface area contributed by atoms with Crippen LogP contribution < -0.4 is 10.2 Å². The van der Waals surface area contributed by atoms with E-state index in [4.69, 9.17) is 4.74 Å². The highest BCUT2D eigenvalue weighted by molar-refractivity contribution is 7.22. The zero-order chi connectivity index (χ0) is 19.0. The van der Waals surface area contributed by atoms with Gasteiger partial charge < -0.3 is 10.1 Å². The predicted molar refractivity (Wildman–Crippen MR) is 101 cm³/mol. The Labute approximate surface area is 158 Å². The molecule has 3 aromatic rings. The van der Waals surface area contributed by atoms with Crippen LogP contribution in [-0.4, -0.2) is 43.0 Å². The lowest BCUT2D eigenvalue weighted by Gasteiger charge is -2.08. The summed E-state index contributed by atoms with van der Waals surface area (Å²) < 4.78 is 5.64. The first-order valence-electron chi connectivity index (χ1n) is 8.25. The molecular weight excluding hydrogens is 366 g/mol. The highest BCUT2D eigenvalue weighted by Gasteiger charge is 2.38. The molecule has 0 saturated heterocycles. The second-order valence-corrected chi connectivity index (χ2v) is 6.93. The molecule has 2 heterocycles. The maximum atomic E-state index is 12.6. The Morgan fingerprint density at radius 3 is 2.52 bits per heavy atom. The van der Waals surface area contributed by atoms with E-state index in [2.05, 4.69) is 10.3 Å². The Morgan fingerprint density at radius 2 is 1.85 bits per heavy atom. The molecule has 1 aromatic heterocycles. The Balaban J connectivity index is 1.64. The summed E-state index contributed by atoms with van der Waals surface area (Å²) >= 11 is 1.20. The van der Waals surface area contributed by atoms with Crippen molar-refractivity contribution in [3.63, 3.8) is 0 Å². The smallest absolute Gasteiger partial charge is 0.268 e. The fraction of sp³-hybridized carbons (Fsp3) is 0.158. The SMILES string of the molecule is COCCNC(=O)c1ccc2nc(N3C(=O)c4ccccc4C3=O)sc2c1. The van der Waals surface area contributed by atoms with Gasteiger partial charge in [0.25, 0.3) is 17.7 Å². The van der Waals surface area contributed by atoms with E-state index in [0.717, 1.165) is 9.60 Å². The molecule has 0 bridgehead atoms. The molecule has 1 aliphatic rings. The zero-order valence-corrected chi connectivity index (χ0v) is 15.2. The van der Waals surface area contributed by atoms with Gasteiger partial charge >= 0.3 is 0 Å². The third-order valence-electron chi connectivity index (χ3n) is 4.22. The van der Waals surface area contributed by atoms with Crippen molar-refractivity contribution in [1.82, 2.24) is 10.3 Å². The molecule has 8 heteroatoms. The van der Waals surface area contributed by atoms with Crippen LogP contribution in [0, 0.1) is 0 Å². The van der Waals surface area contributed by atoms with E-state index < -0.39 is 0 Å². The number of thiazole rings is 1. The number of hydrogen-bond acceptors (Lipinski definition) is 6. The van der Waals surface area contributed by atoms with Crippen LogP contribution in [0.1, 0.15) is 31.1 Å². The fourth-order valence-electron chi connectivity index (χ4n) is 2.88. The number of carbonyl (C=O) groups excluding carboxylic acids is 3. The first-order valence-corrected chi connectivity index (χ1v) is 9.07. The van der Waals surface area contributed by atoms with Gasteiger partial charge in [-0.05, 0) is 30.3 Å². The van der Waals surface area contributed by atoms with Crippen molar-refractivity contribution in [2.45, 2.75) is 0 Å². The van der Waals surface area contributed by atoms with Gasteiger partial charge in [0.1, 0.15) is 0 Å². The fourth-order valence-corrected chi connectivity index (χ4v) is 3.88. The highest BCUT2D eigenvalue weighted by atomic mass is 32.1. The molecule has 4 rings (SSSR count). The number of fused-ring (bicyclic) bond motifs is 2. The summed E-state index contributed by atoms with van der Waals surface area (Å²) in [4.78, 5) is 42.9. The first kappa shape index (κ1) is 17.3. The van der Waals surface area contributed by atoms with Gasteiger partial charge in [0, 0.05) is 19.2 Å². The minimum Gasteiger partial charge on any atom is -0.383 e. The second-order valence-electron chi connectivity index (χ2n) is 5.92. The van der Waals surface area contributed by atoms with Crippen LogP contribution >= 0.6 is 11.3 Å². The lowest BCUT2D eigenvalue weighted by Crippen LogP contribution is -2.29. The summed E-state index contributed by atoms with van der Waals surface area (Å²) in [5, 5.41) is 3.05. The third-order valence-corrected chi connectivity index (χ3v) is 5.22. The summed E-state index contributed by atoms with van der Waals surface area (Å²) in [6.45, 7) is 0.842. The van der Waals surface area contributed by atoms with Gasteiger partial charge in [-0.25, -0.2) is 9.88 Å². The standard InChI is InChI=1S/C19H15N3O4S/c1-26-9-8-20-16(23)11-6-7-14-15(10-11)27-19(21-14)22-17(24)12-4-2-3-5-13(12)18(22)25/h2-7,10H,8-9H2,1H3,(H,20,23). The third kappa shape index (κ3) is 2.98. The molecule has 3 amide bonds.